The summed E-state index contributed by atoms with van der Waals surface area (Å²) in [5.41, 5.74) is 9.99. The number of aliphatic hydroxyl groups excluding tert-OH is 1. The van der Waals surface area contributed by atoms with Gasteiger partial charge >= 0.3 is 0 Å². The van der Waals surface area contributed by atoms with Crippen molar-refractivity contribution in [2.24, 2.45) is 0 Å². The van der Waals surface area contributed by atoms with E-state index in [0.717, 1.165) is 360 Å². The molecular formula is C100H114N38OS6. The van der Waals surface area contributed by atoms with Crippen LogP contribution < -0.4 is 97.3 Å². The first-order valence-electron chi connectivity index (χ1n) is 48.8. The summed E-state index contributed by atoms with van der Waals surface area (Å²) in [5.74, 6) is 11.4. The Bertz CT molecular complexity index is 7950. The molecule has 39 nitrogen and oxygen atoms in total. The molecule has 6 aliphatic rings. The van der Waals surface area contributed by atoms with Crippen molar-refractivity contribution in [1.29, 1.82) is 0 Å². The number of pyridine rings is 6. The van der Waals surface area contributed by atoms with Gasteiger partial charge in [0.15, 0.2) is 29.1 Å². The van der Waals surface area contributed by atoms with Crippen molar-refractivity contribution in [3.63, 3.8) is 0 Å². The average molecular weight is 2060 g/mol. The molecule has 0 bridgehead atoms. The molecule has 11 N–H and O–H groups in total. The Labute approximate surface area is 860 Å². The van der Waals surface area contributed by atoms with E-state index in [1.54, 1.807) is 74.3 Å². The van der Waals surface area contributed by atoms with Crippen molar-refractivity contribution >= 4 is 267 Å². The van der Waals surface area contributed by atoms with E-state index in [2.05, 4.69) is 196 Å². The van der Waals surface area contributed by atoms with Crippen molar-refractivity contribution in [1.82, 2.24) is 127 Å². The van der Waals surface area contributed by atoms with Crippen LogP contribution in [0.1, 0.15) is 0 Å². The van der Waals surface area contributed by atoms with Crippen molar-refractivity contribution in [3.05, 3.63) is 146 Å². The highest BCUT2D eigenvalue weighted by molar-refractivity contribution is 7.28. The van der Waals surface area contributed by atoms with Gasteiger partial charge in [-0.25, -0.2) is 59.8 Å². The number of hydrogen-bond acceptors (Lipinski definition) is 45. The van der Waals surface area contributed by atoms with Gasteiger partial charge in [0.2, 0.25) is 23.8 Å². The lowest BCUT2D eigenvalue weighted by molar-refractivity contribution is 0.311. The van der Waals surface area contributed by atoms with E-state index in [0.29, 0.717) is 24.4 Å². The number of hydrogen-bond donors (Lipinski definition) is 11. The Hall–Kier alpha value is -13.8. The summed E-state index contributed by atoms with van der Waals surface area (Å²) in [7, 11) is 17.6. The number of rotatable bonds is 17. The molecule has 2 aromatic carbocycles. The summed E-state index contributed by atoms with van der Waals surface area (Å²) in [5, 5.41) is 60.9. The molecule has 0 spiro atoms. The molecule has 746 valence electrons. The molecule has 6 fully saturated rings. The minimum Gasteiger partial charge on any atom is -0.395 e. The van der Waals surface area contributed by atoms with E-state index in [4.69, 9.17) is 54.8 Å². The molecule has 0 radical (unpaired) electrons. The number of aliphatic hydroxyl groups is 1. The molecule has 0 atom stereocenters. The van der Waals surface area contributed by atoms with Gasteiger partial charge in [0.1, 0.15) is 68.8 Å². The van der Waals surface area contributed by atoms with E-state index < -0.39 is 0 Å². The van der Waals surface area contributed by atoms with E-state index in [-0.39, 0.29) is 6.61 Å². The highest BCUT2D eigenvalue weighted by Crippen LogP contribution is 2.46. The lowest BCUT2D eigenvalue weighted by Crippen LogP contribution is -2.44. The Kier molecular flexibility index (Phi) is 29.8. The van der Waals surface area contributed by atoms with Gasteiger partial charge in [0.25, 0.3) is 0 Å². The molecule has 18 aromatic heterocycles. The lowest BCUT2D eigenvalue weighted by atomic mass is 10.1. The number of benzene rings is 2. The second-order valence-electron chi connectivity index (χ2n) is 35.7. The van der Waals surface area contributed by atoms with Crippen molar-refractivity contribution in [2.45, 2.75) is 0 Å². The zero-order valence-electron chi connectivity index (χ0n) is 82.2. The average Bonchev–Trinajstić information content (AvgIpc) is 1.60. The summed E-state index contributed by atoms with van der Waals surface area (Å²) < 4.78 is 6.65. The molecule has 0 saturated carbocycles. The predicted molar refractivity (Wildman–Crippen MR) is 603 cm³/mol. The van der Waals surface area contributed by atoms with Crippen LogP contribution in [0.25, 0.3) is 145 Å². The second kappa shape index (κ2) is 44.4. The fourth-order valence-electron chi connectivity index (χ4n) is 18.2. The van der Waals surface area contributed by atoms with E-state index in [1.807, 2.05) is 145 Å². The van der Waals surface area contributed by atoms with Crippen LogP contribution in [0.4, 0.5) is 76.2 Å². The summed E-state index contributed by atoms with van der Waals surface area (Å²) in [6, 6.07) is 45.3. The largest absolute Gasteiger partial charge is 0.395 e. The SMILES string of the molecule is CN(C)c1ccc2c(n1)sc1c(N3CCNCC3)nnnc12.CN(C)c1nc(N2CCNCC2)c2sc3nc(-c4ccccc4)ccc3c2n1.CNc1ccc2c(n1)sc1c(N3CCNCC3)nc(NC)nc12.CNc1nc(N2CCNCC2)c2sc3nc(N(C)C)ccc3c2n1.OCCNc1nc(N2CCNCC2)c2sc3nc(-c4ccccc4)ccc3c2n1.c1cnc2sc3c(N4CCNCC4)ncnc3c2c1. The smallest absolute Gasteiger partial charge is 0.227 e. The monoisotopic (exact) mass is 2050 g/mol. The zero-order valence-corrected chi connectivity index (χ0v) is 87.1. The van der Waals surface area contributed by atoms with Crippen LogP contribution in [0.15, 0.2) is 146 Å². The number of piperazine rings is 6. The maximum Gasteiger partial charge on any atom is 0.227 e. The molecular weight excluding hydrogens is 1940 g/mol. The first-order valence-corrected chi connectivity index (χ1v) is 53.7. The fraction of sp³-hybridized carbons (Fsp3) is 0.350. The first kappa shape index (κ1) is 97.3. The quantitative estimate of drug-likeness (QED) is 0.0403. The highest BCUT2D eigenvalue weighted by Gasteiger charge is 2.30. The van der Waals surface area contributed by atoms with Crippen LogP contribution in [0.5, 0.6) is 0 Å². The molecule has 26 rings (SSSR count). The molecule has 145 heavy (non-hydrogen) atoms. The highest BCUT2D eigenvalue weighted by atomic mass is 32.1. The van der Waals surface area contributed by atoms with Crippen molar-refractivity contribution in [2.75, 3.05) is 299 Å². The van der Waals surface area contributed by atoms with E-state index in [9.17, 15) is 5.11 Å². The summed E-state index contributed by atoms with van der Waals surface area (Å²) in [4.78, 5) is 101. The third-order valence-corrected chi connectivity index (χ3v) is 32.2. The molecule has 0 amide bonds. The van der Waals surface area contributed by atoms with Gasteiger partial charge in [-0.1, -0.05) is 60.7 Å². The number of nitrogens with one attached hydrogen (secondary N) is 10. The van der Waals surface area contributed by atoms with Crippen LogP contribution in [-0.2, 0) is 0 Å². The molecule has 0 aliphatic carbocycles. The van der Waals surface area contributed by atoms with Crippen LogP contribution in [0.2, 0.25) is 0 Å². The molecule has 0 unspecified atom stereocenters. The van der Waals surface area contributed by atoms with Gasteiger partial charge in [0, 0.05) is 277 Å². The molecule has 20 aromatic rings. The summed E-state index contributed by atoms with van der Waals surface area (Å²) in [6.07, 6.45) is 3.49. The van der Waals surface area contributed by atoms with Gasteiger partial charge in [-0.15, -0.1) is 78.2 Å². The number of thiophene rings is 6. The zero-order chi connectivity index (χ0) is 99.0. The predicted octanol–water partition coefficient (Wildman–Crippen LogP) is 12.4. The maximum atomic E-state index is 9.18. The van der Waals surface area contributed by atoms with Crippen molar-refractivity contribution < 1.29 is 5.11 Å². The Morgan fingerprint density at radius 2 is 0.669 bits per heavy atom. The van der Waals surface area contributed by atoms with Crippen LogP contribution >= 0.6 is 68.0 Å². The first-order chi connectivity index (χ1) is 71.2. The van der Waals surface area contributed by atoms with Gasteiger partial charge in [-0.2, -0.15) is 19.9 Å². The number of anilines is 13. The Morgan fingerprint density at radius 3 is 1.10 bits per heavy atom. The summed E-state index contributed by atoms with van der Waals surface area (Å²) >= 11 is 10.0. The topological polar surface area (TPSA) is 415 Å². The Balaban J connectivity index is 0.000000103. The third kappa shape index (κ3) is 20.9. The standard InChI is InChI=1S/C21H22N6OS.C21H22N6S.C16H21N7S.C15H19N7S.C14H17N7S.C13H13N5S/c28-13-10-23-21-25-17-15-6-7-16(14-4-2-1-3-5-14)24-20(15)29-18(17)19(26-21)27-11-8-22-9-12-27;1-26(2)21-24-17-15-8-9-16(14-6-4-3-5-7-14)23-20(15)28-18(17)19(25-21)27-12-10-22-11-13-27;1-17-16-20-12-10-4-5-11(22(2)3)19-15(10)24-13(12)14(21-16)23-8-6-18-7-9-23;1-16-10-4-3-9-11-12(23-14(9)19-10)13(21-15(17-2)20-11)22-7-5-18-6-8-22;1-20(2)10-4-3-9-11-12(22-14(9)16-10)13(18-19-17-11)21-7-5-15-6-8-21;1-2-9-10-11(19-13(9)15-3-1)12(17-8-16-10)18-6-4-14-5-7-18/h1-7,22,28H,8-13H2,(H,23,25,26);3-9,22H,10-13H2,1-2H3;4-5,18H,6-9H2,1-3H3,(H,17,20,21);3-4,18H,5-8H2,1-2H3,(H,16,19)(H,17,20,21);3-4,15H,5-8H2,1-2H3;1-3,8,14H,4-7H2. The number of aromatic nitrogens is 19. The van der Waals surface area contributed by atoms with E-state index in [1.165, 1.54) is 0 Å². The maximum absolute atomic E-state index is 9.18. The molecule has 6 aliphatic heterocycles. The van der Waals surface area contributed by atoms with Crippen molar-refractivity contribution in [3.8, 4) is 22.5 Å². The number of fused-ring (bicyclic) bond motifs is 18. The molecule has 24 heterocycles. The molecule has 6 saturated heterocycles. The Morgan fingerprint density at radius 1 is 0.303 bits per heavy atom. The fourth-order valence-corrected chi connectivity index (χ4v) is 24.9. The van der Waals surface area contributed by atoms with Gasteiger partial charge < -0.3 is 102 Å². The molecule has 45 heteroatoms. The van der Waals surface area contributed by atoms with Crippen LogP contribution in [0.3, 0.4) is 0 Å². The van der Waals surface area contributed by atoms with E-state index >= 15 is 0 Å². The van der Waals surface area contributed by atoms with Gasteiger partial charge in [-0.3, -0.25) is 0 Å². The second-order valence-corrected chi connectivity index (χ2v) is 41.7. The number of nitrogens with zero attached hydrogens (tertiary/aromatic N) is 28. The summed E-state index contributed by atoms with van der Waals surface area (Å²) in [6.45, 7) is 23.6. The van der Waals surface area contributed by atoms with Gasteiger partial charge in [-0.05, 0) is 78.0 Å². The lowest BCUT2D eigenvalue weighted by Gasteiger charge is -2.29. The van der Waals surface area contributed by atoms with Gasteiger partial charge in [0.05, 0.1) is 69.1 Å². The third-order valence-electron chi connectivity index (χ3n) is 25.7. The minimum absolute atomic E-state index is 0.0384. The van der Waals surface area contributed by atoms with Crippen LogP contribution in [0, 0.1) is 0 Å². The minimum atomic E-state index is 0.0384. The van der Waals surface area contributed by atoms with Crippen LogP contribution in [-0.4, -0.2) is 334 Å². The normalized spacial score (nSPS) is 15.2.